The molecule has 0 saturated carbocycles. The van der Waals surface area contributed by atoms with Crippen LogP contribution < -0.4 is 15.4 Å². The van der Waals surface area contributed by atoms with Crippen molar-refractivity contribution in [2.45, 2.75) is 24.5 Å². The predicted molar refractivity (Wildman–Crippen MR) is 104 cm³/mol. The third-order valence-electron chi connectivity index (χ3n) is 3.31. The van der Waals surface area contributed by atoms with Gasteiger partial charge in [-0.25, -0.2) is 0 Å². The molecule has 2 aromatic carbocycles. The highest BCUT2D eigenvalue weighted by atomic mass is 32.2. The summed E-state index contributed by atoms with van der Waals surface area (Å²) in [7, 11) is 0. The van der Waals surface area contributed by atoms with Crippen LogP contribution >= 0.6 is 24.0 Å². The van der Waals surface area contributed by atoms with Crippen LogP contribution in [0.1, 0.15) is 11.1 Å². The minimum atomic E-state index is -2.42. The van der Waals surface area contributed by atoms with Gasteiger partial charge >= 0.3 is 0 Å². The van der Waals surface area contributed by atoms with Crippen LogP contribution in [0, 0.1) is 13.8 Å². The number of alkyl halides is 2. The van der Waals surface area contributed by atoms with E-state index in [1.807, 2.05) is 26.0 Å². The summed E-state index contributed by atoms with van der Waals surface area (Å²) in [6.45, 7) is 5.09. The molecule has 0 radical (unpaired) electrons. The van der Waals surface area contributed by atoms with Gasteiger partial charge in [-0.3, -0.25) is 0 Å². The van der Waals surface area contributed by atoms with Gasteiger partial charge in [-0.15, -0.1) is 0 Å². The Bertz CT molecular complexity index is 709. The van der Waals surface area contributed by atoms with Crippen molar-refractivity contribution in [2.75, 3.05) is 18.5 Å². The van der Waals surface area contributed by atoms with Gasteiger partial charge in [-0.05, 0) is 62.0 Å². The first-order chi connectivity index (χ1) is 11.9. The first-order valence-corrected chi connectivity index (χ1v) is 9.02. The number of thiocarbonyl (C=S) groups is 1. The quantitative estimate of drug-likeness (QED) is 0.401. The van der Waals surface area contributed by atoms with Crippen molar-refractivity contribution in [1.82, 2.24) is 5.32 Å². The lowest BCUT2D eigenvalue weighted by Gasteiger charge is -2.13. The van der Waals surface area contributed by atoms with E-state index in [0.29, 0.717) is 34.9 Å². The molecule has 0 aliphatic heterocycles. The second-order valence-electron chi connectivity index (χ2n) is 5.40. The molecule has 0 bridgehead atoms. The van der Waals surface area contributed by atoms with Crippen LogP contribution in [0.25, 0.3) is 0 Å². The first kappa shape index (κ1) is 19.5. The number of anilines is 1. The van der Waals surface area contributed by atoms with E-state index in [-0.39, 0.29) is 0 Å². The number of nitrogens with one attached hydrogen (secondary N) is 2. The molecule has 0 spiro atoms. The fourth-order valence-electron chi connectivity index (χ4n) is 2.18. The van der Waals surface area contributed by atoms with E-state index in [1.165, 1.54) is 5.56 Å². The molecule has 25 heavy (non-hydrogen) atoms. The fraction of sp³-hybridized carbons (Fsp3) is 0.278. The van der Waals surface area contributed by atoms with Crippen LogP contribution in [-0.2, 0) is 0 Å². The zero-order valence-corrected chi connectivity index (χ0v) is 15.6. The number of rotatable bonds is 7. The van der Waals surface area contributed by atoms with Crippen molar-refractivity contribution >= 4 is 34.8 Å². The lowest BCUT2D eigenvalue weighted by molar-refractivity contribution is 0.252. The zero-order valence-electron chi connectivity index (χ0n) is 14.0. The van der Waals surface area contributed by atoms with E-state index < -0.39 is 5.76 Å². The first-order valence-electron chi connectivity index (χ1n) is 7.74. The Hall–Kier alpha value is -1.86. The summed E-state index contributed by atoms with van der Waals surface area (Å²) in [5.74, 6) is -1.56. The van der Waals surface area contributed by atoms with Crippen LogP contribution in [0.3, 0.4) is 0 Å². The maximum absolute atomic E-state index is 12.3. The van der Waals surface area contributed by atoms with Crippen molar-refractivity contribution in [3.63, 3.8) is 0 Å². The molecule has 2 rings (SSSR count). The Morgan fingerprint density at radius 1 is 1.16 bits per heavy atom. The number of benzene rings is 2. The molecule has 0 saturated heterocycles. The molecule has 0 fully saturated rings. The molecule has 0 atom stereocenters. The summed E-state index contributed by atoms with van der Waals surface area (Å²) in [6.07, 6.45) is 0. The smallest absolute Gasteiger partial charge is 0.288 e. The third-order valence-corrected chi connectivity index (χ3v) is 4.28. The molecule has 3 nitrogen and oxygen atoms in total. The fourth-order valence-corrected chi connectivity index (χ4v) is 2.90. The van der Waals surface area contributed by atoms with Gasteiger partial charge in [-0.1, -0.05) is 29.5 Å². The van der Waals surface area contributed by atoms with E-state index in [1.54, 1.807) is 24.3 Å². The summed E-state index contributed by atoms with van der Waals surface area (Å²) in [4.78, 5) is 0.515. The molecule has 0 aliphatic carbocycles. The number of hydrogen-bond acceptors (Lipinski definition) is 3. The Balaban J connectivity index is 1.71. The van der Waals surface area contributed by atoms with Gasteiger partial charge in [0, 0.05) is 10.6 Å². The maximum Gasteiger partial charge on any atom is 0.288 e. The van der Waals surface area contributed by atoms with Gasteiger partial charge in [0.25, 0.3) is 5.76 Å². The minimum Gasteiger partial charge on any atom is -0.491 e. The molecule has 0 unspecified atom stereocenters. The van der Waals surface area contributed by atoms with Crippen LogP contribution in [0.4, 0.5) is 14.5 Å². The van der Waals surface area contributed by atoms with Gasteiger partial charge in [0.15, 0.2) is 5.11 Å². The number of halogens is 2. The number of thioether (sulfide) groups is 1. The molecule has 0 aliphatic rings. The van der Waals surface area contributed by atoms with Gasteiger partial charge < -0.3 is 15.4 Å². The SMILES string of the molecule is Cc1ccc(OCCNC(=S)Nc2ccc(SC(F)F)cc2)c(C)c1. The second kappa shape index (κ2) is 9.58. The Morgan fingerprint density at radius 3 is 2.52 bits per heavy atom. The maximum atomic E-state index is 12.3. The van der Waals surface area contributed by atoms with E-state index in [0.717, 1.165) is 17.0 Å². The Kier molecular flexibility index (Phi) is 7.46. The van der Waals surface area contributed by atoms with Crippen molar-refractivity contribution in [3.8, 4) is 5.75 Å². The normalized spacial score (nSPS) is 10.6. The van der Waals surface area contributed by atoms with E-state index in [2.05, 4.69) is 16.7 Å². The monoisotopic (exact) mass is 382 g/mol. The zero-order chi connectivity index (χ0) is 18.2. The summed E-state index contributed by atoms with van der Waals surface area (Å²) in [6, 6.07) is 12.7. The van der Waals surface area contributed by atoms with Crippen molar-refractivity contribution in [2.24, 2.45) is 0 Å². The number of aryl methyl sites for hydroxylation is 2. The molecule has 0 amide bonds. The highest BCUT2D eigenvalue weighted by Crippen LogP contribution is 2.26. The average molecular weight is 383 g/mol. The lowest BCUT2D eigenvalue weighted by atomic mass is 10.1. The molecule has 0 aromatic heterocycles. The topological polar surface area (TPSA) is 33.3 Å². The summed E-state index contributed by atoms with van der Waals surface area (Å²) in [5, 5.41) is 6.51. The summed E-state index contributed by atoms with van der Waals surface area (Å²) in [5.41, 5.74) is 3.04. The number of hydrogen-bond donors (Lipinski definition) is 2. The van der Waals surface area contributed by atoms with Crippen LogP contribution in [-0.4, -0.2) is 24.0 Å². The van der Waals surface area contributed by atoms with Crippen molar-refractivity contribution in [1.29, 1.82) is 0 Å². The minimum absolute atomic E-state index is 0.457. The molecule has 2 aromatic rings. The Labute approximate surface area is 156 Å². The van der Waals surface area contributed by atoms with Crippen LogP contribution in [0.2, 0.25) is 0 Å². The second-order valence-corrected chi connectivity index (χ2v) is 6.87. The molecule has 0 heterocycles. The number of ether oxygens (including phenoxy) is 1. The van der Waals surface area contributed by atoms with Gasteiger partial charge in [0.1, 0.15) is 12.4 Å². The molecule has 2 N–H and O–H groups in total. The highest BCUT2D eigenvalue weighted by molar-refractivity contribution is 7.99. The molecular weight excluding hydrogens is 362 g/mol. The predicted octanol–water partition coefficient (Wildman–Crippen LogP) is 4.98. The van der Waals surface area contributed by atoms with Crippen molar-refractivity contribution < 1.29 is 13.5 Å². The summed E-state index contributed by atoms with van der Waals surface area (Å²) >= 11 is 5.73. The largest absolute Gasteiger partial charge is 0.491 e. The van der Waals surface area contributed by atoms with E-state index >= 15 is 0 Å². The van der Waals surface area contributed by atoms with E-state index in [4.69, 9.17) is 17.0 Å². The average Bonchev–Trinajstić information content (AvgIpc) is 2.54. The molecule has 134 valence electrons. The highest BCUT2D eigenvalue weighted by Gasteiger charge is 2.05. The van der Waals surface area contributed by atoms with Gasteiger partial charge in [0.2, 0.25) is 0 Å². The molecule has 7 heteroatoms. The summed E-state index contributed by atoms with van der Waals surface area (Å²) < 4.78 is 30.3. The van der Waals surface area contributed by atoms with Gasteiger partial charge in [0.05, 0.1) is 6.54 Å². The molecular formula is C18H20F2N2OS2. The van der Waals surface area contributed by atoms with Crippen LogP contribution in [0.5, 0.6) is 5.75 Å². The van der Waals surface area contributed by atoms with Crippen LogP contribution in [0.15, 0.2) is 47.4 Å². The standard InChI is InChI=1S/C18H20F2N2OS2/c1-12-3-8-16(13(2)11-12)23-10-9-21-18(24)22-14-4-6-15(7-5-14)25-17(19)20/h3-8,11,17H,9-10H2,1-2H3,(H2,21,22,24). The van der Waals surface area contributed by atoms with E-state index in [9.17, 15) is 8.78 Å². The lowest BCUT2D eigenvalue weighted by Crippen LogP contribution is -2.31. The third kappa shape index (κ3) is 6.88. The Morgan fingerprint density at radius 2 is 1.88 bits per heavy atom. The van der Waals surface area contributed by atoms with Gasteiger partial charge in [-0.2, -0.15) is 8.78 Å². The van der Waals surface area contributed by atoms with Crippen molar-refractivity contribution in [3.05, 3.63) is 53.6 Å².